The number of Topliss-reactive ketones (excluding diaryl/α,β-unsaturated/α-hetero) is 1. The van der Waals surface area contributed by atoms with E-state index in [-0.39, 0.29) is 23.5 Å². The number of carbonyl (C=O) groups excluding carboxylic acids is 2. The molecular weight excluding hydrogens is 278 g/mol. The normalized spacial score (nSPS) is 25.2. The van der Waals surface area contributed by atoms with Crippen LogP contribution in [0, 0.1) is 11.8 Å². The number of amides is 1. The van der Waals surface area contributed by atoms with Gasteiger partial charge in [-0.25, -0.2) is 0 Å². The highest BCUT2D eigenvalue weighted by Gasteiger charge is 2.33. The van der Waals surface area contributed by atoms with Crippen molar-refractivity contribution >= 4 is 11.7 Å². The lowest BCUT2D eigenvalue weighted by Gasteiger charge is -2.33. The molecule has 0 bridgehead atoms. The van der Waals surface area contributed by atoms with E-state index in [9.17, 15) is 9.59 Å². The minimum absolute atomic E-state index is 0.00275. The number of ether oxygens (including phenoxy) is 1. The summed E-state index contributed by atoms with van der Waals surface area (Å²) in [4.78, 5) is 26.8. The van der Waals surface area contributed by atoms with Crippen LogP contribution in [0.5, 0.6) is 0 Å². The fraction of sp³-hybridized carbons (Fsp3) is 0.556. The Bertz CT molecular complexity index is 522. The maximum atomic E-state index is 12.5. The van der Waals surface area contributed by atoms with Gasteiger partial charge in [-0.1, -0.05) is 30.3 Å². The third-order valence-corrected chi connectivity index (χ3v) is 4.69. The summed E-state index contributed by atoms with van der Waals surface area (Å²) in [7, 11) is 0. The first kappa shape index (κ1) is 15.2. The van der Waals surface area contributed by atoms with Crippen molar-refractivity contribution in [3.63, 3.8) is 0 Å². The van der Waals surface area contributed by atoms with Crippen LogP contribution in [0.2, 0.25) is 0 Å². The molecule has 3 rings (SSSR count). The topological polar surface area (TPSA) is 46.6 Å². The number of nitrogens with zero attached hydrogens (tertiary/aromatic N) is 1. The Morgan fingerprint density at radius 3 is 2.68 bits per heavy atom. The van der Waals surface area contributed by atoms with Gasteiger partial charge in [0, 0.05) is 32.0 Å². The number of benzene rings is 1. The standard InChI is InChI=1S/C18H23NO3/c20-17(11-14-5-2-1-3-6-14)15-7-4-9-19(12-15)18(21)16-8-10-22-13-16/h1-3,5-6,15-16H,4,7-13H2/t15-,16-/m1/s1. The van der Waals surface area contributed by atoms with Crippen LogP contribution in [0.15, 0.2) is 30.3 Å². The molecule has 0 radical (unpaired) electrons. The number of hydrogen-bond donors (Lipinski definition) is 0. The highest BCUT2D eigenvalue weighted by molar-refractivity contribution is 5.85. The first-order valence-corrected chi connectivity index (χ1v) is 8.17. The van der Waals surface area contributed by atoms with Crippen molar-refractivity contribution in [3.8, 4) is 0 Å². The van der Waals surface area contributed by atoms with Crippen LogP contribution in [0.4, 0.5) is 0 Å². The zero-order valence-corrected chi connectivity index (χ0v) is 12.9. The Hall–Kier alpha value is -1.68. The van der Waals surface area contributed by atoms with E-state index in [4.69, 9.17) is 4.74 Å². The molecule has 2 atom stereocenters. The zero-order valence-electron chi connectivity index (χ0n) is 12.9. The van der Waals surface area contributed by atoms with Gasteiger partial charge in [0.1, 0.15) is 5.78 Å². The van der Waals surface area contributed by atoms with Gasteiger partial charge in [-0.15, -0.1) is 0 Å². The van der Waals surface area contributed by atoms with Crippen LogP contribution in [-0.4, -0.2) is 42.9 Å². The number of piperidine rings is 1. The number of hydrogen-bond acceptors (Lipinski definition) is 3. The predicted molar refractivity (Wildman–Crippen MR) is 83.4 cm³/mol. The maximum Gasteiger partial charge on any atom is 0.228 e. The van der Waals surface area contributed by atoms with Crippen molar-refractivity contribution in [1.82, 2.24) is 4.90 Å². The van der Waals surface area contributed by atoms with Gasteiger partial charge in [0.15, 0.2) is 0 Å². The van der Waals surface area contributed by atoms with Crippen LogP contribution in [0.1, 0.15) is 24.8 Å². The van der Waals surface area contributed by atoms with Crippen molar-refractivity contribution in [3.05, 3.63) is 35.9 Å². The van der Waals surface area contributed by atoms with Crippen molar-refractivity contribution in [1.29, 1.82) is 0 Å². The van der Waals surface area contributed by atoms with Crippen molar-refractivity contribution in [2.75, 3.05) is 26.3 Å². The van der Waals surface area contributed by atoms with Gasteiger partial charge in [0.25, 0.3) is 0 Å². The van der Waals surface area contributed by atoms with E-state index in [1.54, 1.807) is 0 Å². The molecule has 1 aromatic rings. The fourth-order valence-corrected chi connectivity index (χ4v) is 3.37. The fourth-order valence-electron chi connectivity index (χ4n) is 3.37. The van der Waals surface area contributed by atoms with E-state index in [1.165, 1.54) is 0 Å². The summed E-state index contributed by atoms with van der Waals surface area (Å²) < 4.78 is 5.31. The Morgan fingerprint density at radius 2 is 1.95 bits per heavy atom. The SMILES string of the molecule is O=C(Cc1ccccc1)[C@@H]1CCCN(C(=O)[C@@H]2CCOC2)C1. The quantitative estimate of drug-likeness (QED) is 0.855. The van der Waals surface area contributed by atoms with Crippen LogP contribution < -0.4 is 0 Å². The molecule has 2 saturated heterocycles. The van der Waals surface area contributed by atoms with Crippen LogP contribution in [0.25, 0.3) is 0 Å². The van der Waals surface area contributed by atoms with Crippen molar-refractivity contribution in [2.45, 2.75) is 25.7 Å². The van der Waals surface area contributed by atoms with Gasteiger partial charge in [0.05, 0.1) is 12.5 Å². The summed E-state index contributed by atoms with van der Waals surface area (Å²) in [5.74, 6) is 0.421. The maximum absolute atomic E-state index is 12.5. The Balaban J connectivity index is 1.57. The third kappa shape index (κ3) is 3.55. The van der Waals surface area contributed by atoms with E-state index in [0.717, 1.165) is 31.4 Å². The molecule has 2 fully saturated rings. The second kappa shape index (κ2) is 7.05. The smallest absolute Gasteiger partial charge is 0.228 e. The summed E-state index contributed by atoms with van der Waals surface area (Å²) in [5.41, 5.74) is 1.06. The summed E-state index contributed by atoms with van der Waals surface area (Å²) in [5, 5.41) is 0. The van der Waals surface area contributed by atoms with Crippen LogP contribution in [-0.2, 0) is 20.7 Å². The first-order chi connectivity index (χ1) is 10.7. The molecule has 2 aliphatic rings. The number of rotatable bonds is 4. The molecular formula is C18H23NO3. The molecule has 2 aliphatic heterocycles. The van der Waals surface area contributed by atoms with E-state index in [1.807, 2.05) is 35.2 Å². The lowest BCUT2D eigenvalue weighted by molar-refractivity contribution is -0.138. The Kier molecular flexibility index (Phi) is 4.88. The van der Waals surface area contributed by atoms with Gasteiger partial charge in [-0.2, -0.15) is 0 Å². The van der Waals surface area contributed by atoms with Crippen LogP contribution in [0.3, 0.4) is 0 Å². The van der Waals surface area contributed by atoms with Gasteiger partial charge in [0.2, 0.25) is 5.91 Å². The zero-order chi connectivity index (χ0) is 15.4. The molecule has 1 aromatic carbocycles. The minimum atomic E-state index is -0.0137. The van der Waals surface area contributed by atoms with Crippen molar-refractivity contribution in [2.24, 2.45) is 11.8 Å². The first-order valence-electron chi connectivity index (χ1n) is 8.17. The number of carbonyl (C=O) groups is 2. The monoisotopic (exact) mass is 301 g/mol. The highest BCUT2D eigenvalue weighted by Crippen LogP contribution is 2.23. The van der Waals surface area contributed by atoms with Gasteiger partial charge in [-0.05, 0) is 24.8 Å². The minimum Gasteiger partial charge on any atom is -0.381 e. The van der Waals surface area contributed by atoms with E-state index in [2.05, 4.69) is 0 Å². The van der Waals surface area contributed by atoms with Crippen LogP contribution >= 0.6 is 0 Å². The Labute approximate surface area is 131 Å². The summed E-state index contributed by atoms with van der Waals surface area (Å²) in [6, 6.07) is 9.84. The van der Waals surface area contributed by atoms with Gasteiger partial charge >= 0.3 is 0 Å². The van der Waals surface area contributed by atoms with E-state index in [0.29, 0.717) is 26.2 Å². The lowest BCUT2D eigenvalue weighted by Crippen LogP contribution is -2.45. The molecule has 0 aliphatic carbocycles. The second-order valence-corrected chi connectivity index (χ2v) is 6.31. The summed E-state index contributed by atoms with van der Waals surface area (Å²) >= 11 is 0. The van der Waals surface area contributed by atoms with Gasteiger partial charge < -0.3 is 9.64 Å². The molecule has 0 aromatic heterocycles. The highest BCUT2D eigenvalue weighted by atomic mass is 16.5. The molecule has 4 nitrogen and oxygen atoms in total. The van der Waals surface area contributed by atoms with Gasteiger partial charge in [-0.3, -0.25) is 9.59 Å². The molecule has 118 valence electrons. The summed E-state index contributed by atoms with van der Waals surface area (Å²) in [6.45, 7) is 2.59. The molecule has 2 heterocycles. The molecule has 0 spiro atoms. The third-order valence-electron chi connectivity index (χ3n) is 4.69. The molecule has 0 unspecified atom stereocenters. The number of likely N-dealkylation sites (tertiary alicyclic amines) is 1. The second-order valence-electron chi connectivity index (χ2n) is 6.31. The predicted octanol–water partition coefficient (Wildman–Crippen LogP) is 2.07. The molecule has 4 heteroatoms. The molecule has 0 saturated carbocycles. The average molecular weight is 301 g/mol. The molecule has 1 amide bonds. The largest absolute Gasteiger partial charge is 0.381 e. The molecule has 0 N–H and O–H groups in total. The van der Waals surface area contributed by atoms with Crippen molar-refractivity contribution < 1.29 is 14.3 Å². The Morgan fingerprint density at radius 1 is 1.14 bits per heavy atom. The number of ketones is 1. The molecule has 22 heavy (non-hydrogen) atoms. The van der Waals surface area contributed by atoms with E-state index < -0.39 is 0 Å². The average Bonchev–Trinajstić information content (AvgIpc) is 3.09. The lowest BCUT2D eigenvalue weighted by atomic mass is 9.89. The summed E-state index contributed by atoms with van der Waals surface area (Å²) in [6.07, 6.45) is 3.11. The van der Waals surface area contributed by atoms with E-state index >= 15 is 0 Å².